The summed E-state index contributed by atoms with van der Waals surface area (Å²) in [6, 6.07) is 0. The van der Waals surface area contributed by atoms with Gasteiger partial charge in [0.15, 0.2) is 0 Å². The Balaban J connectivity index is 1.84. The number of nitrogens with one attached hydrogen (secondary N) is 1. The molecule has 2 atom stereocenters. The molecule has 2 heterocycles. The molecule has 0 saturated carbocycles. The third-order valence-corrected chi connectivity index (χ3v) is 3.64. The van der Waals surface area contributed by atoms with Crippen molar-refractivity contribution in [3.8, 4) is 0 Å². The first-order valence-electron chi connectivity index (χ1n) is 6.63. The fourth-order valence-corrected chi connectivity index (χ4v) is 2.55. The maximum absolute atomic E-state index is 12.7. The Morgan fingerprint density at radius 2 is 2.21 bits per heavy atom. The van der Waals surface area contributed by atoms with Gasteiger partial charge in [0, 0.05) is 26.2 Å². The highest BCUT2D eigenvalue weighted by atomic mass is 19.4. The fraction of sp³-hybridized carbons (Fsp3) is 0.917. The number of nitrogens with zero attached hydrogens (tertiary/aromatic N) is 1. The number of morpholine rings is 1. The zero-order valence-corrected chi connectivity index (χ0v) is 10.7. The van der Waals surface area contributed by atoms with E-state index in [0.717, 1.165) is 6.54 Å². The number of amides is 1. The van der Waals surface area contributed by atoms with E-state index in [1.54, 1.807) is 0 Å². The molecule has 1 N–H and O–H groups in total. The second-order valence-electron chi connectivity index (χ2n) is 5.12. The van der Waals surface area contributed by atoms with Crippen molar-refractivity contribution in [2.75, 3.05) is 32.8 Å². The quantitative estimate of drug-likeness (QED) is 0.825. The molecule has 0 aliphatic carbocycles. The van der Waals surface area contributed by atoms with Crippen LogP contribution in [0, 0.1) is 5.92 Å². The molecular formula is C12H19F3N2O2. The molecule has 0 spiro atoms. The summed E-state index contributed by atoms with van der Waals surface area (Å²) < 4.78 is 43.4. The Kier molecular flexibility index (Phi) is 4.67. The normalized spacial score (nSPS) is 29.3. The second kappa shape index (κ2) is 6.09. The van der Waals surface area contributed by atoms with Crippen molar-refractivity contribution in [1.29, 1.82) is 0 Å². The minimum absolute atomic E-state index is 0.120. The number of carbonyl (C=O) groups excluding carboxylic acids is 1. The molecular weight excluding hydrogens is 261 g/mol. The predicted molar refractivity (Wildman–Crippen MR) is 62.6 cm³/mol. The molecule has 0 aromatic rings. The number of rotatable bonds is 2. The van der Waals surface area contributed by atoms with Gasteiger partial charge in [0.1, 0.15) is 0 Å². The monoisotopic (exact) mass is 280 g/mol. The first-order chi connectivity index (χ1) is 8.97. The van der Waals surface area contributed by atoms with Crippen LogP contribution in [-0.2, 0) is 9.53 Å². The van der Waals surface area contributed by atoms with Crippen molar-refractivity contribution in [3.63, 3.8) is 0 Å². The summed E-state index contributed by atoms with van der Waals surface area (Å²) in [4.78, 5) is 13.3. The van der Waals surface area contributed by atoms with Crippen LogP contribution in [0.1, 0.15) is 19.3 Å². The number of hydrogen-bond acceptors (Lipinski definition) is 3. The molecule has 4 nitrogen and oxygen atoms in total. The van der Waals surface area contributed by atoms with Gasteiger partial charge in [-0.1, -0.05) is 0 Å². The van der Waals surface area contributed by atoms with Crippen LogP contribution in [0.4, 0.5) is 13.2 Å². The maximum atomic E-state index is 12.7. The molecule has 2 unspecified atom stereocenters. The molecule has 7 heteroatoms. The van der Waals surface area contributed by atoms with Crippen LogP contribution in [0.15, 0.2) is 0 Å². The third-order valence-electron chi connectivity index (χ3n) is 3.64. The minimum Gasteiger partial charge on any atom is -0.375 e. The largest absolute Gasteiger partial charge is 0.393 e. The lowest BCUT2D eigenvalue weighted by Crippen LogP contribution is -2.47. The zero-order chi connectivity index (χ0) is 13.9. The number of alkyl halides is 3. The Hall–Kier alpha value is -0.820. The Labute approximate surface area is 110 Å². The Morgan fingerprint density at radius 3 is 2.84 bits per heavy atom. The number of hydrogen-bond donors (Lipinski definition) is 1. The average molecular weight is 280 g/mol. The van der Waals surface area contributed by atoms with E-state index in [2.05, 4.69) is 5.32 Å². The van der Waals surface area contributed by atoms with E-state index in [1.807, 2.05) is 0 Å². The van der Waals surface area contributed by atoms with E-state index in [1.165, 1.54) is 4.90 Å². The fourth-order valence-electron chi connectivity index (χ4n) is 2.55. The summed E-state index contributed by atoms with van der Waals surface area (Å²) in [6.07, 6.45) is -3.72. The van der Waals surface area contributed by atoms with Crippen LogP contribution in [0.3, 0.4) is 0 Å². The first-order valence-corrected chi connectivity index (χ1v) is 6.63. The van der Waals surface area contributed by atoms with E-state index in [9.17, 15) is 18.0 Å². The zero-order valence-electron chi connectivity index (χ0n) is 10.7. The summed E-state index contributed by atoms with van der Waals surface area (Å²) in [6.45, 7) is 2.10. The molecule has 0 bridgehead atoms. The molecule has 2 rings (SSSR count). The van der Waals surface area contributed by atoms with Crippen LogP contribution in [0.25, 0.3) is 0 Å². The summed E-state index contributed by atoms with van der Waals surface area (Å²) in [5.74, 6) is -1.61. The van der Waals surface area contributed by atoms with E-state index < -0.39 is 12.1 Å². The predicted octanol–water partition coefficient (Wildman–Crippen LogP) is 1.17. The average Bonchev–Trinajstić information content (AvgIpc) is 2.39. The smallest absolute Gasteiger partial charge is 0.375 e. The lowest BCUT2D eigenvalue weighted by molar-refractivity contribution is -0.188. The molecule has 1 amide bonds. The summed E-state index contributed by atoms with van der Waals surface area (Å²) >= 11 is 0. The Bertz CT molecular complexity index is 317. The van der Waals surface area contributed by atoms with Crippen LogP contribution >= 0.6 is 0 Å². The van der Waals surface area contributed by atoms with E-state index in [-0.39, 0.29) is 31.4 Å². The maximum Gasteiger partial charge on any atom is 0.393 e. The SMILES string of the molecule is O=C(CC1CNCCO1)N1CCCC(C(F)(F)F)C1. The van der Waals surface area contributed by atoms with Gasteiger partial charge in [-0.05, 0) is 12.8 Å². The molecule has 0 aromatic carbocycles. The molecule has 0 aromatic heterocycles. The molecule has 2 aliphatic heterocycles. The van der Waals surface area contributed by atoms with Crippen molar-refractivity contribution in [2.24, 2.45) is 5.92 Å². The van der Waals surface area contributed by atoms with Crippen molar-refractivity contribution >= 4 is 5.91 Å². The molecule has 2 saturated heterocycles. The summed E-state index contributed by atoms with van der Waals surface area (Å²) in [5.41, 5.74) is 0. The molecule has 2 aliphatic rings. The third kappa shape index (κ3) is 4.07. The number of carbonyl (C=O) groups is 1. The minimum atomic E-state index is -4.21. The molecule has 110 valence electrons. The van der Waals surface area contributed by atoms with E-state index >= 15 is 0 Å². The lowest BCUT2D eigenvalue weighted by Gasteiger charge is -2.35. The van der Waals surface area contributed by atoms with Crippen LogP contribution < -0.4 is 5.32 Å². The van der Waals surface area contributed by atoms with Crippen LogP contribution in [0.5, 0.6) is 0 Å². The highest BCUT2D eigenvalue weighted by molar-refractivity contribution is 5.76. The van der Waals surface area contributed by atoms with Gasteiger partial charge in [0.2, 0.25) is 5.91 Å². The molecule has 0 radical (unpaired) electrons. The van der Waals surface area contributed by atoms with Gasteiger partial charge in [0.05, 0.1) is 25.0 Å². The van der Waals surface area contributed by atoms with Gasteiger partial charge in [0.25, 0.3) is 0 Å². The van der Waals surface area contributed by atoms with Gasteiger partial charge >= 0.3 is 6.18 Å². The van der Waals surface area contributed by atoms with Gasteiger partial charge < -0.3 is 15.0 Å². The van der Waals surface area contributed by atoms with Crippen LogP contribution in [0.2, 0.25) is 0 Å². The summed E-state index contributed by atoms with van der Waals surface area (Å²) in [5, 5.41) is 3.10. The number of ether oxygens (including phenoxy) is 1. The van der Waals surface area contributed by atoms with Gasteiger partial charge in [-0.25, -0.2) is 0 Å². The van der Waals surface area contributed by atoms with Crippen molar-refractivity contribution in [3.05, 3.63) is 0 Å². The number of likely N-dealkylation sites (tertiary alicyclic amines) is 1. The lowest BCUT2D eigenvalue weighted by atomic mass is 9.97. The van der Waals surface area contributed by atoms with Gasteiger partial charge in [-0.3, -0.25) is 4.79 Å². The van der Waals surface area contributed by atoms with E-state index in [4.69, 9.17) is 4.74 Å². The topological polar surface area (TPSA) is 41.6 Å². The highest BCUT2D eigenvalue weighted by Gasteiger charge is 2.42. The van der Waals surface area contributed by atoms with Crippen molar-refractivity contribution in [1.82, 2.24) is 10.2 Å². The highest BCUT2D eigenvalue weighted by Crippen LogP contribution is 2.33. The van der Waals surface area contributed by atoms with Crippen molar-refractivity contribution < 1.29 is 22.7 Å². The molecule has 2 fully saturated rings. The number of halogens is 3. The summed E-state index contributed by atoms with van der Waals surface area (Å²) in [7, 11) is 0. The van der Waals surface area contributed by atoms with Gasteiger partial charge in [-0.15, -0.1) is 0 Å². The standard InChI is InChI=1S/C12H19F3N2O2/c13-12(14,15)9-2-1-4-17(8-9)11(18)6-10-7-16-3-5-19-10/h9-10,16H,1-8H2. The van der Waals surface area contributed by atoms with E-state index in [0.29, 0.717) is 26.1 Å². The first kappa shape index (κ1) is 14.6. The molecule has 19 heavy (non-hydrogen) atoms. The number of piperidine rings is 1. The van der Waals surface area contributed by atoms with Gasteiger partial charge in [-0.2, -0.15) is 13.2 Å². The van der Waals surface area contributed by atoms with Crippen molar-refractivity contribution in [2.45, 2.75) is 31.5 Å². The van der Waals surface area contributed by atoms with Crippen LogP contribution in [-0.4, -0.2) is 55.9 Å². The Morgan fingerprint density at radius 1 is 1.42 bits per heavy atom. The second-order valence-corrected chi connectivity index (χ2v) is 5.12.